The van der Waals surface area contributed by atoms with Gasteiger partial charge in [-0.05, 0) is 30.8 Å². The summed E-state index contributed by atoms with van der Waals surface area (Å²) >= 11 is 0. The van der Waals surface area contributed by atoms with E-state index >= 15 is 0 Å². The van der Waals surface area contributed by atoms with Gasteiger partial charge < -0.3 is 24.6 Å². The highest BCUT2D eigenvalue weighted by Crippen LogP contribution is 2.16. The summed E-state index contributed by atoms with van der Waals surface area (Å²) in [6.45, 7) is 8.92. The monoisotopic (exact) mass is 335 g/mol. The van der Waals surface area contributed by atoms with Gasteiger partial charge in [0.15, 0.2) is 0 Å². The maximum Gasteiger partial charge on any atom is 0.223 e. The molecule has 1 aromatic carbocycles. The summed E-state index contributed by atoms with van der Waals surface area (Å²) in [4.78, 5) is 16.5. The molecule has 0 atom stereocenters. The van der Waals surface area contributed by atoms with Gasteiger partial charge in [0.2, 0.25) is 5.91 Å². The number of rotatable bonds is 9. The normalized spacial score (nSPS) is 15.3. The topological polar surface area (TPSA) is 54.0 Å². The minimum Gasteiger partial charge on any atom is -0.497 e. The van der Waals surface area contributed by atoms with Crippen LogP contribution in [0.3, 0.4) is 0 Å². The number of hydrogen-bond acceptors (Lipinski definition) is 5. The molecule has 1 N–H and O–H groups in total. The van der Waals surface area contributed by atoms with E-state index in [1.165, 1.54) is 0 Å². The molecule has 24 heavy (non-hydrogen) atoms. The zero-order valence-corrected chi connectivity index (χ0v) is 14.8. The highest BCUT2D eigenvalue weighted by Gasteiger charge is 2.19. The van der Waals surface area contributed by atoms with Crippen molar-refractivity contribution >= 4 is 5.91 Å². The van der Waals surface area contributed by atoms with Crippen LogP contribution in [0.4, 0.5) is 0 Å². The van der Waals surface area contributed by atoms with E-state index in [1.807, 2.05) is 29.2 Å². The van der Waals surface area contributed by atoms with Crippen LogP contribution in [0.1, 0.15) is 13.3 Å². The number of carbonyl (C=O) groups excluding carboxylic acids is 1. The Bertz CT molecular complexity index is 485. The van der Waals surface area contributed by atoms with Crippen LogP contribution in [-0.2, 0) is 4.79 Å². The lowest BCUT2D eigenvalue weighted by Crippen LogP contribution is -2.48. The van der Waals surface area contributed by atoms with Crippen LogP contribution in [0.5, 0.6) is 11.5 Å². The SMILES string of the molecule is CCN1CCN(C(=O)CCNCCOc2ccc(OC)cc2)CC1. The molecule has 1 fully saturated rings. The van der Waals surface area contributed by atoms with Gasteiger partial charge in [0.1, 0.15) is 18.1 Å². The Morgan fingerprint density at radius 2 is 1.75 bits per heavy atom. The molecule has 0 bridgehead atoms. The summed E-state index contributed by atoms with van der Waals surface area (Å²) in [5.41, 5.74) is 0. The van der Waals surface area contributed by atoms with Crippen molar-refractivity contribution in [2.24, 2.45) is 0 Å². The molecular formula is C18H29N3O3. The Balaban J connectivity index is 1.52. The summed E-state index contributed by atoms with van der Waals surface area (Å²) < 4.78 is 10.7. The van der Waals surface area contributed by atoms with Crippen LogP contribution in [0, 0.1) is 0 Å². The quantitative estimate of drug-likeness (QED) is 0.688. The second-order valence-corrected chi connectivity index (χ2v) is 5.84. The third kappa shape index (κ3) is 6.02. The van der Waals surface area contributed by atoms with Crippen LogP contribution in [-0.4, -0.2) is 75.2 Å². The van der Waals surface area contributed by atoms with Gasteiger partial charge in [-0.1, -0.05) is 6.92 Å². The first-order valence-electron chi connectivity index (χ1n) is 8.70. The van der Waals surface area contributed by atoms with Gasteiger partial charge in [-0.3, -0.25) is 4.79 Å². The van der Waals surface area contributed by atoms with Crippen molar-refractivity contribution < 1.29 is 14.3 Å². The van der Waals surface area contributed by atoms with Gasteiger partial charge >= 0.3 is 0 Å². The standard InChI is InChI=1S/C18H29N3O3/c1-3-20-11-13-21(14-12-20)18(22)8-9-19-10-15-24-17-6-4-16(23-2)5-7-17/h4-7,19H,3,8-15H2,1-2H3. The first kappa shape index (κ1) is 18.5. The fraction of sp³-hybridized carbons (Fsp3) is 0.611. The second kappa shape index (κ2) is 10.2. The molecule has 0 spiro atoms. The molecule has 6 heteroatoms. The number of carbonyl (C=O) groups is 1. The number of hydrogen-bond donors (Lipinski definition) is 1. The summed E-state index contributed by atoms with van der Waals surface area (Å²) in [5.74, 6) is 1.88. The summed E-state index contributed by atoms with van der Waals surface area (Å²) in [7, 11) is 1.64. The third-order valence-electron chi connectivity index (χ3n) is 4.29. The number of nitrogens with one attached hydrogen (secondary N) is 1. The van der Waals surface area contributed by atoms with Crippen LogP contribution in [0.2, 0.25) is 0 Å². The van der Waals surface area contributed by atoms with E-state index in [0.717, 1.165) is 50.8 Å². The Morgan fingerprint density at radius 1 is 1.08 bits per heavy atom. The molecule has 1 aromatic rings. The number of ether oxygens (including phenoxy) is 2. The van der Waals surface area contributed by atoms with Gasteiger partial charge in [0, 0.05) is 45.7 Å². The smallest absolute Gasteiger partial charge is 0.223 e. The Morgan fingerprint density at radius 3 is 2.38 bits per heavy atom. The molecular weight excluding hydrogens is 306 g/mol. The molecule has 1 aliphatic heterocycles. The molecule has 6 nitrogen and oxygen atoms in total. The minimum absolute atomic E-state index is 0.245. The summed E-state index contributed by atoms with van der Waals surface area (Å²) in [6, 6.07) is 7.52. The molecule has 0 unspecified atom stereocenters. The predicted molar refractivity (Wildman–Crippen MR) is 94.7 cm³/mol. The van der Waals surface area contributed by atoms with Crippen LogP contribution in [0.25, 0.3) is 0 Å². The molecule has 2 rings (SSSR count). The van der Waals surface area contributed by atoms with Crippen molar-refractivity contribution in [1.29, 1.82) is 0 Å². The van der Waals surface area contributed by atoms with Crippen molar-refractivity contribution in [2.45, 2.75) is 13.3 Å². The van der Waals surface area contributed by atoms with Gasteiger partial charge in [0.25, 0.3) is 0 Å². The van der Waals surface area contributed by atoms with Gasteiger partial charge in [-0.15, -0.1) is 0 Å². The van der Waals surface area contributed by atoms with Crippen molar-refractivity contribution in [3.05, 3.63) is 24.3 Å². The van der Waals surface area contributed by atoms with E-state index in [0.29, 0.717) is 19.6 Å². The molecule has 1 amide bonds. The average Bonchev–Trinajstić information content (AvgIpc) is 2.65. The number of amides is 1. The number of nitrogens with zero attached hydrogens (tertiary/aromatic N) is 2. The second-order valence-electron chi connectivity index (χ2n) is 5.84. The lowest BCUT2D eigenvalue weighted by atomic mass is 10.2. The summed E-state index contributed by atoms with van der Waals surface area (Å²) in [5, 5.41) is 3.26. The Kier molecular flexibility index (Phi) is 7.85. The highest BCUT2D eigenvalue weighted by molar-refractivity contribution is 5.76. The fourth-order valence-corrected chi connectivity index (χ4v) is 2.70. The largest absolute Gasteiger partial charge is 0.497 e. The van der Waals surface area contributed by atoms with Crippen molar-refractivity contribution in [2.75, 3.05) is 59.5 Å². The molecule has 134 valence electrons. The minimum atomic E-state index is 0.245. The van der Waals surface area contributed by atoms with E-state index in [9.17, 15) is 4.79 Å². The first-order valence-corrected chi connectivity index (χ1v) is 8.70. The van der Waals surface area contributed by atoms with Crippen LogP contribution >= 0.6 is 0 Å². The number of benzene rings is 1. The number of likely N-dealkylation sites (N-methyl/N-ethyl adjacent to an activating group) is 1. The maximum atomic E-state index is 12.1. The van der Waals surface area contributed by atoms with Crippen LogP contribution < -0.4 is 14.8 Å². The van der Waals surface area contributed by atoms with Crippen molar-refractivity contribution in [3.63, 3.8) is 0 Å². The molecule has 0 aromatic heterocycles. The number of methoxy groups -OCH3 is 1. The molecule has 1 saturated heterocycles. The summed E-state index contributed by atoms with van der Waals surface area (Å²) in [6.07, 6.45) is 0.550. The lowest BCUT2D eigenvalue weighted by Gasteiger charge is -2.34. The Labute approximate surface area is 144 Å². The molecule has 1 heterocycles. The lowest BCUT2D eigenvalue weighted by molar-refractivity contribution is -0.132. The van der Waals surface area contributed by atoms with E-state index < -0.39 is 0 Å². The third-order valence-corrected chi connectivity index (χ3v) is 4.29. The average molecular weight is 335 g/mol. The Hall–Kier alpha value is -1.79. The van der Waals surface area contributed by atoms with E-state index in [2.05, 4.69) is 17.1 Å². The first-order chi connectivity index (χ1) is 11.7. The van der Waals surface area contributed by atoms with Crippen LogP contribution in [0.15, 0.2) is 24.3 Å². The van der Waals surface area contributed by atoms with Crippen molar-refractivity contribution in [1.82, 2.24) is 15.1 Å². The van der Waals surface area contributed by atoms with Gasteiger partial charge in [-0.25, -0.2) is 0 Å². The number of piperazine rings is 1. The zero-order chi connectivity index (χ0) is 17.2. The van der Waals surface area contributed by atoms with E-state index in [-0.39, 0.29) is 5.91 Å². The molecule has 0 radical (unpaired) electrons. The predicted octanol–water partition coefficient (Wildman–Crippen LogP) is 1.22. The van der Waals surface area contributed by atoms with Gasteiger partial charge in [0.05, 0.1) is 7.11 Å². The molecule has 1 aliphatic rings. The van der Waals surface area contributed by atoms with Gasteiger partial charge in [-0.2, -0.15) is 0 Å². The maximum absolute atomic E-state index is 12.1. The van der Waals surface area contributed by atoms with E-state index in [4.69, 9.17) is 9.47 Å². The van der Waals surface area contributed by atoms with Crippen molar-refractivity contribution in [3.8, 4) is 11.5 Å². The highest BCUT2D eigenvalue weighted by atomic mass is 16.5. The van der Waals surface area contributed by atoms with E-state index in [1.54, 1.807) is 7.11 Å². The molecule has 0 saturated carbocycles. The molecule has 0 aliphatic carbocycles. The zero-order valence-electron chi connectivity index (χ0n) is 14.8. The fourth-order valence-electron chi connectivity index (χ4n) is 2.70.